The van der Waals surface area contributed by atoms with Crippen LogP contribution in [-0.4, -0.2) is 51.8 Å². The van der Waals surface area contributed by atoms with Gasteiger partial charge in [-0.1, -0.05) is 12.1 Å². The van der Waals surface area contributed by atoms with Crippen LogP contribution < -0.4 is 4.90 Å². The molecular weight excluding hydrogens is 248 g/mol. The molecule has 1 heterocycles. The van der Waals surface area contributed by atoms with E-state index in [0.717, 1.165) is 32.8 Å². The van der Waals surface area contributed by atoms with Gasteiger partial charge in [0, 0.05) is 39.4 Å². The number of nitrogens with zero attached hydrogens (tertiary/aromatic N) is 2. The Bertz CT molecular complexity index is 361. The summed E-state index contributed by atoms with van der Waals surface area (Å²) in [4.78, 5) is 4.45. The summed E-state index contributed by atoms with van der Waals surface area (Å²) in [6, 6.07) is 8.47. The Morgan fingerprint density at radius 1 is 1.22 bits per heavy atom. The van der Waals surface area contributed by atoms with Gasteiger partial charge in [0.2, 0.25) is 0 Å². The summed E-state index contributed by atoms with van der Waals surface area (Å²) in [5, 5.41) is 0.0549. The van der Waals surface area contributed by atoms with Gasteiger partial charge in [0.15, 0.2) is 0 Å². The molecule has 2 rings (SSSR count). The van der Waals surface area contributed by atoms with Crippen LogP contribution in [0.1, 0.15) is 10.9 Å². The van der Waals surface area contributed by atoms with Crippen molar-refractivity contribution in [2.75, 3.05) is 51.8 Å². The first-order valence-electron chi connectivity index (χ1n) is 6.38. The van der Waals surface area contributed by atoms with Gasteiger partial charge in [-0.05, 0) is 17.7 Å². The van der Waals surface area contributed by atoms with Gasteiger partial charge in [-0.3, -0.25) is 4.90 Å². The zero-order valence-electron chi connectivity index (χ0n) is 11.1. The lowest BCUT2D eigenvalue weighted by Crippen LogP contribution is -2.38. The lowest BCUT2D eigenvalue weighted by atomic mass is 10.1. The predicted molar refractivity (Wildman–Crippen MR) is 76.6 cm³/mol. The molecule has 3 nitrogen and oxygen atoms in total. The minimum atomic E-state index is 0.0549. The summed E-state index contributed by atoms with van der Waals surface area (Å²) in [5.41, 5.74) is 2.39. The molecule has 0 amide bonds. The second-order valence-electron chi connectivity index (χ2n) is 4.87. The van der Waals surface area contributed by atoms with Crippen LogP contribution in [0.5, 0.6) is 0 Å². The van der Waals surface area contributed by atoms with Gasteiger partial charge in [-0.15, -0.1) is 11.6 Å². The van der Waals surface area contributed by atoms with Crippen LogP contribution >= 0.6 is 11.6 Å². The Morgan fingerprint density at radius 3 is 2.39 bits per heavy atom. The molecule has 1 aromatic carbocycles. The Labute approximate surface area is 114 Å². The Balaban J connectivity index is 1.93. The zero-order valence-corrected chi connectivity index (χ0v) is 11.9. The molecule has 4 heteroatoms. The number of benzene rings is 1. The molecule has 1 aliphatic rings. The Morgan fingerprint density at radius 2 is 1.83 bits per heavy atom. The molecule has 0 N–H and O–H groups in total. The van der Waals surface area contributed by atoms with Gasteiger partial charge in [0.1, 0.15) is 0 Å². The number of hydrogen-bond donors (Lipinski definition) is 0. The van der Waals surface area contributed by atoms with Gasteiger partial charge in [-0.2, -0.15) is 0 Å². The van der Waals surface area contributed by atoms with Crippen molar-refractivity contribution in [3.63, 3.8) is 0 Å². The van der Waals surface area contributed by atoms with E-state index in [1.807, 2.05) is 14.1 Å². The molecule has 0 bridgehead atoms. The van der Waals surface area contributed by atoms with Gasteiger partial charge in [0.05, 0.1) is 18.6 Å². The smallest absolute Gasteiger partial charge is 0.0712 e. The van der Waals surface area contributed by atoms with E-state index >= 15 is 0 Å². The van der Waals surface area contributed by atoms with E-state index < -0.39 is 0 Å². The third-order valence-corrected chi connectivity index (χ3v) is 3.68. The van der Waals surface area contributed by atoms with Crippen molar-refractivity contribution in [3.05, 3.63) is 29.8 Å². The fraction of sp³-hybridized carbons (Fsp3) is 0.571. The lowest BCUT2D eigenvalue weighted by molar-refractivity contribution is 0.0379. The average Bonchev–Trinajstić information content (AvgIpc) is 2.40. The maximum atomic E-state index is 6.48. The van der Waals surface area contributed by atoms with Crippen molar-refractivity contribution >= 4 is 17.3 Å². The summed E-state index contributed by atoms with van der Waals surface area (Å²) in [5.74, 6) is 0. The molecule has 1 saturated heterocycles. The van der Waals surface area contributed by atoms with Crippen LogP contribution in [0.2, 0.25) is 0 Å². The highest BCUT2D eigenvalue weighted by Crippen LogP contribution is 2.24. The van der Waals surface area contributed by atoms with Crippen molar-refractivity contribution in [1.29, 1.82) is 0 Å². The van der Waals surface area contributed by atoms with E-state index in [1.54, 1.807) is 0 Å². The van der Waals surface area contributed by atoms with Crippen LogP contribution in [0.3, 0.4) is 0 Å². The maximum Gasteiger partial charge on any atom is 0.0712 e. The number of rotatable bonds is 4. The standard InChI is InChI=1S/C14H21ClN2O/c1-16(2)13-5-3-12(4-6-13)14(15)11-17-7-9-18-10-8-17/h3-6,14H,7-11H2,1-2H3. The van der Waals surface area contributed by atoms with Crippen LogP contribution in [0, 0.1) is 0 Å². The van der Waals surface area contributed by atoms with Crippen LogP contribution in [0.25, 0.3) is 0 Å². The van der Waals surface area contributed by atoms with E-state index in [4.69, 9.17) is 16.3 Å². The number of anilines is 1. The number of ether oxygens (including phenoxy) is 1. The Kier molecular flexibility index (Phi) is 4.87. The molecule has 1 fully saturated rings. The largest absolute Gasteiger partial charge is 0.379 e. The quantitative estimate of drug-likeness (QED) is 0.780. The molecule has 18 heavy (non-hydrogen) atoms. The average molecular weight is 269 g/mol. The molecule has 0 aromatic heterocycles. The second-order valence-corrected chi connectivity index (χ2v) is 5.39. The zero-order chi connectivity index (χ0) is 13.0. The van der Waals surface area contributed by atoms with Crippen LogP contribution in [0.15, 0.2) is 24.3 Å². The molecule has 1 aliphatic heterocycles. The fourth-order valence-corrected chi connectivity index (χ4v) is 2.44. The first-order chi connectivity index (χ1) is 8.66. The lowest BCUT2D eigenvalue weighted by Gasteiger charge is -2.28. The number of halogens is 1. The van der Waals surface area contributed by atoms with E-state index in [0.29, 0.717) is 0 Å². The molecule has 1 aromatic rings. The second kappa shape index (κ2) is 6.41. The summed E-state index contributed by atoms with van der Waals surface area (Å²) in [6.45, 7) is 4.51. The molecule has 0 saturated carbocycles. The van der Waals surface area contributed by atoms with Crippen LogP contribution in [0.4, 0.5) is 5.69 Å². The highest BCUT2D eigenvalue weighted by Gasteiger charge is 2.16. The van der Waals surface area contributed by atoms with Crippen molar-refractivity contribution < 1.29 is 4.74 Å². The maximum absolute atomic E-state index is 6.48. The first-order valence-corrected chi connectivity index (χ1v) is 6.82. The van der Waals surface area contributed by atoms with E-state index in [1.165, 1.54) is 11.3 Å². The third-order valence-electron chi connectivity index (χ3n) is 3.29. The van der Waals surface area contributed by atoms with E-state index in [2.05, 4.69) is 34.1 Å². The summed E-state index contributed by atoms with van der Waals surface area (Å²) >= 11 is 6.48. The molecule has 1 atom stereocenters. The number of hydrogen-bond acceptors (Lipinski definition) is 3. The van der Waals surface area contributed by atoms with Gasteiger partial charge < -0.3 is 9.64 Å². The highest BCUT2D eigenvalue weighted by atomic mass is 35.5. The van der Waals surface area contributed by atoms with Crippen molar-refractivity contribution in [1.82, 2.24) is 4.90 Å². The minimum absolute atomic E-state index is 0.0549. The summed E-state index contributed by atoms with van der Waals surface area (Å²) in [7, 11) is 4.09. The van der Waals surface area contributed by atoms with Crippen molar-refractivity contribution in [3.8, 4) is 0 Å². The number of morpholine rings is 1. The Hall–Kier alpha value is -0.770. The normalized spacial score (nSPS) is 18.6. The van der Waals surface area contributed by atoms with Crippen LogP contribution in [-0.2, 0) is 4.74 Å². The van der Waals surface area contributed by atoms with Gasteiger partial charge >= 0.3 is 0 Å². The van der Waals surface area contributed by atoms with Crippen molar-refractivity contribution in [2.24, 2.45) is 0 Å². The number of alkyl halides is 1. The molecule has 0 radical (unpaired) electrons. The van der Waals surface area contributed by atoms with Gasteiger partial charge in [0.25, 0.3) is 0 Å². The molecular formula is C14H21ClN2O. The topological polar surface area (TPSA) is 15.7 Å². The van der Waals surface area contributed by atoms with Crippen molar-refractivity contribution in [2.45, 2.75) is 5.38 Å². The van der Waals surface area contributed by atoms with E-state index in [-0.39, 0.29) is 5.38 Å². The SMILES string of the molecule is CN(C)c1ccc(C(Cl)CN2CCOCC2)cc1. The summed E-state index contributed by atoms with van der Waals surface area (Å²) in [6.07, 6.45) is 0. The molecule has 0 spiro atoms. The predicted octanol–water partition coefficient (Wildman–Crippen LogP) is 2.36. The van der Waals surface area contributed by atoms with Gasteiger partial charge in [-0.25, -0.2) is 0 Å². The fourth-order valence-electron chi connectivity index (χ4n) is 2.10. The van der Waals surface area contributed by atoms with E-state index in [9.17, 15) is 0 Å². The molecule has 0 aliphatic carbocycles. The molecule has 100 valence electrons. The minimum Gasteiger partial charge on any atom is -0.379 e. The molecule has 1 unspecified atom stereocenters. The summed E-state index contributed by atoms with van der Waals surface area (Å²) < 4.78 is 5.34. The monoisotopic (exact) mass is 268 g/mol. The first kappa shape index (κ1) is 13.7. The third kappa shape index (κ3) is 3.61. The highest BCUT2D eigenvalue weighted by molar-refractivity contribution is 6.21.